The number of methoxy groups -OCH3 is 1. The zero-order chi connectivity index (χ0) is 14.7. The van der Waals surface area contributed by atoms with Crippen LogP contribution in [0.4, 0.5) is 0 Å². The fourth-order valence-corrected chi connectivity index (χ4v) is 3.11. The van der Waals surface area contributed by atoms with Crippen LogP contribution in [0, 0.1) is 0 Å². The van der Waals surface area contributed by atoms with Gasteiger partial charge >= 0.3 is 0 Å². The highest BCUT2D eigenvalue weighted by molar-refractivity contribution is 8.14. The molecule has 0 N–H and O–H groups in total. The summed E-state index contributed by atoms with van der Waals surface area (Å²) in [5.41, 5.74) is 0.988. The van der Waals surface area contributed by atoms with Crippen LogP contribution in [0.1, 0.15) is 6.92 Å². The van der Waals surface area contributed by atoms with E-state index in [1.165, 1.54) is 18.3 Å². The van der Waals surface area contributed by atoms with E-state index in [1.54, 1.807) is 7.11 Å². The number of hydrogen-bond donors (Lipinski definition) is 0. The van der Waals surface area contributed by atoms with E-state index in [4.69, 9.17) is 4.74 Å². The minimum Gasteiger partial charge on any atom is -0.497 e. The molecule has 0 fully saturated rings. The molecule has 0 radical (unpaired) electrons. The van der Waals surface area contributed by atoms with E-state index >= 15 is 0 Å². The highest BCUT2D eigenvalue weighted by Crippen LogP contribution is 2.22. The van der Waals surface area contributed by atoms with Crippen molar-refractivity contribution in [3.05, 3.63) is 23.0 Å². The van der Waals surface area contributed by atoms with E-state index in [0.29, 0.717) is 4.80 Å². The number of carbonyl (C=O) groups excluding carboxylic acids is 2. The Morgan fingerprint density at radius 3 is 2.85 bits per heavy atom. The maximum absolute atomic E-state index is 11.7. The van der Waals surface area contributed by atoms with Crippen LogP contribution in [0.3, 0.4) is 0 Å². The number of thiazole rings is 1. The molecule has 0 spiro atoms. The molecule has 20 heavy (non-hydrogen) atoms. The van der Waals surface area contributed by atoms with Gasteiger partial charge in [-0.3, -0.25) is 9.59 Å². The molecule has 1 amide bonds. The van der Waals surface area contributed by atoms with Gasteiger partial charge in [0.25, 0.3) is 5.91 Å². The largest absolute Gasteiger partial charge is 0.497 e. The maximum atomic E-state index is 11.7. The highest BCUT2D eigenvalue weighted by Gasteiger charge is 2.07. The smallest absolute Gasteiger partial charge is 0.258 e. The second kappa shape index (κ2) is 6.23. The lowest BCUT2D eigenvalue weighted by Gasteiger charge is -1.99. The fourth-order valence-electron chi connectivity index (χ4n) is 1.65. The summed E-state index contributed by atoms with van der Waals surface area (Å²) in [5, 5.41) is -0.0843. The van der Waals surface area contributed by atoms with Crippen molar-refractivity contribution in [1.82, 2.24) is 4.57 Å². The van der Waals surface area contributed by atoms with Crippen molar-refractivity contribution < 1.29 is 14.3 Å². The molecule has 1 aromatic heterocycles. The molecule has 0 saturated heterocycles. The first-order valence-electron chi connectivity index (χ1n) is 5.85. The first kappa shape index (κ1) is 14.8. The minimum absolute atomic E-state index is 0.0763. The molecule has 0 bridgehead atoms. The van der Waals surface area contributed by atoms with Gasteiger partial charge in [-0.1, -0.05) is 23.1 Å². The van der Waals surface area contributed by atoms with Crippen LogP contribution in [0.25, 0.3) is 10.2 Å². The topological polar surface area (TPSA) is 60.7 Å². The second-order valence-electron chi connectivity index (χ2n) is 4.06. The second-order valence-corrected chi connectivity index (χ2v) is 6.22. The molecular weight excluding hydrogens is 296 g/mol. The number of rotatable bonds is 3. The van der Waals surface area contributed by atoms with Crippen molar-refractivity contribution in [2.45, 2.75) is 6.92 Å². The number of ether oxygens (including phenoxy) is 1. The summed E-state index contributed by atoms with van der Waals surface area (Å²) in [4.78, 5) is 27.2. The summed E-state index contributed by atoms with van der Waals surface area (Å²) in [6, 6.07) is 5.71. The Balaban J connectivity index is 2.36. The molecule has 0 saturated carbocycles. The predicted octanol–water partition coefficient (Wildman–Crippen LogP) is 1.96. The van der Waals surface area contributed by atoms with Crippen LogP contribution in [-0.4, -0.2) is 28.5 Å². The van der Waals surface area contributed by atoms with Gasteiger partial charge in [-0.15, -0.1) is 0 Å². The van der Waals surface area contributed by atoms with Crippen LogP contribution >= 0.6 is 23.1 Å². The van der Waals surface area contributed by atoms with Crippen LogP contribution < -0.4 is 9.54 Å². The molecular formula is C13H14N2O3S2. The molecule has 0 atom stereocenters. The number of amides is 1. The lowest BCUT2D eigenvalue weighted by atomic mass is 10.3. The van der Waals surface area contributed by atoms with E-state index in [1.807, 2.05) is 29.8 Å². The summed E-state index contributed by atoms with van der Waals surface area (Å²) in [6.45, 7) is 1.43. The van der Waals surface area contributed by atoms with E-state index < -0.39 is 0 Å². The molecule has 1 aromatic carbocycles. The number of hydrogen-bond acceptors (Lipinski definition) is 5. The van der Waals surface area contributed by atoms with Gasteiger partial charge in [0.1, 0.15) is 5.75 Å². The number of benzene rings is 1. The zero-order valence-electron chi connectivity index (χ0n) is 11.4. The summed E-state index contributed by atoms with van der Waals surface area (Å²) in [7, 11) is 3.47. The standard InChI is InChI=1S/C13H14N2O3S2/c1-8(16)19-7-12(17)14-13-15(2)10-5-4-9(18-3)6-11(10)20-13/h4-6H,7H2,1-3H3. The molecule has 2 rings (SSSR count). The molecule has 2 aromatic rings. The van der Waals surface area contributed by atoms with Crippen molar-refractivity contribution in [1.29, 1.82) is 0 Å². The Hall–Kier alpha value is -1.60. The fraction of sp³-hybridized carbons (Fsp3) is 0.308. The quantitative estimate of drug-likeness (QED) is 0.869. The number of nitrogens with zero attached hydrogens (tertiary/aromatic N) is 2. The minimum atomic E-state index is -0.306. The molecule has 106 valence electrons. The van der Waals surface area contributed by atoms with Gasteiger partial charge in [0.05, 0.1) is 23.1 Å². The molecule has 0 unspecified atom stereocenters. The third-order valence-corrected chi connectivity index (χ3v) is 4.53. The van der Waals surface area contributed by atoms with Crippen LogP contribution in [-0.2, 0) is 16.6 Å². The summed E-state index contributed by atoms with van der Waals surface area (Å²) in [5.74, 6) is 0.538. The molecule has 5 nitrogen and oxygen atoms in total. The van der Waals surface area contributed by atoms with E-state index in [-0.39, 0.29) is 16.8 Å². The molecule has 1 heterocycles. The molecule has 0 aliphatic carbocycles. The summed E-state index contributed by atoms with van der Waals surface area (Å²) >= 11 is 2.39. The Bertz CT molecular complexity index is 731. The number of aromatic nitrogens is 1. The lowest BCUT2D eigenvalue weighted by molar-refractivity contribution is -0.116. The number of aryl methyl sites for hydroxylation is 1. The molecule has 7 heteroatoms. The normalized spacial score (nSPS) is 11.8. The summed E-state index contributed by atoms with van der Waals surface area (Å²) in [6.07, 6.45) is 0. The Kier molecular flexibility index (Phi) is 4.61. The number of carbonyl (C=O) groups is 2. The lowest BCUT2D eigenvalue weighted by Crippen LogP contribution is -2.14. The average Bonchev–Trinajstić information content (AvgIpc) is 2.72. The monoisotopic (exact) mass is 310 g/mol. The van der Waals surface area contributed by atoms with E-state index in [9.17, 15) is 9.59 Å². The van der Waals surface area contributed by atoms with Gasteiger partial charge in [0.2, 0.25) is 0 Å². The Morgan fingerprint density at radius 2 is 2.20 bits per heavy atom. The van der Waals surface area contributed by atoms with Crippen LogP contribution in [0.5, 0.6) is 5.75 Å². The first-order chi connectivity index (χ1) is 9.51. The third-order valence-electron chi connectivity index (χ3n) is 2.64. The van der Waals surface area contributed by atoms with Crippen molar-refractivity contribution in [3.63, 3.8) is 0 Å². The maximum Gasteiger partial charge on any atom is 0.258 e. The molecule has 0 aliphatic heterocycles. The molecule has 0 aliphatic rings. The first-order valence-corrected chi connectivity index (χ1v) is 7.66. The van der Waals surface area contributed by atoms with Crippen molar-refractivity contribution in [3.8, 4) is 5.75 Å². The van der Waals surface area contributed by atoms with Crippen molar-refractivity contribution in [2.24, 2.45) is 12.0 Å². The van der Waals surface area contributed by atoms with Gasteiger partial charge in [0.15, 0.2) is 9.92 Å². The van der Waals surface area contributed by atoms with E-state index in [0.717, 1.165) is 27.7 Å². The number of fused-ring (bicyclic) bond motifs is 1. The van der Waals surface area contributed by atoms with Crippen molar-refractivity contribution in [2.75, 3.05) is 12.9 Å². The van der Waals surface area contributed by atoms with E-state index in [2.05, 4.69) is 4.99 Å². The highest BCUT2D eigenvalue weighted by atomic mass is 32.2. The van der Waals surface area contributed by atoms with Gasteiger partial charge in [0, 0.05) is 14.0 Å². The zero-order valence-corrected chi connectivity index (χ0v) is 13.0. The Labute approximate surface area is 124 Å². The van der Waals surface area contributed by atoms with Crippen molar-refractivity contribution >= 4 is 44.3 Å². The Morgan fingerprint density at radius 1 is 1.45 bits per heavy atom. The van der Waals surface area contributed by atoms with Gasteiger partial charge < -0.3 is 9.30 Å². The average molecular weight is 310 g/mol. The van der Waals surface area contributed by atoms with Gasteiger partial charge in [-0.25, -0.2) is 0 Å². The number of thioether (sulfide) groups is 1. The predicted molar refractivity (Wildman–Crippen MR) is 81.1 cm³/mol. The van der Waals surface area contributed by atoms with Crippen LogP contribution in [0.15, 0.2) is 23.2 Å². The third kappa shape index (κ3) is 3.29. The van der Waals surface area contributed by atoms with Gasteiger partial charge in [-0.05, 0) is 18.2 Å². The van der Waals surface area contributed by atoms with Gasteiger partial charge in [-0.2, -0.15) is 4.99 Å². The summed E-state index contributed by atoms with van der Waals surface area (Å²) < 4.78 is 8.03. The SMILES string of the molecule is COc1ccc2c(c1)sc(=NC(=O)CSC(C)=O)n2C. The van der Waals surface area contributed by atoms with Crippen LogP contribution in [0.2, 0.25) is 0 Å².